The Hall–Kier alpha value is -3.74. The molecule has 0 aliphatic heterocycles. The minimum atomic E-state index is -4.64. The number of ether oxygens (including phenoxy) is 2. The monoisotopic (exact) mass is 719 g/mol. The fourth-order valence-corrected chi connectivity index (χ4v) is 6.85. The second-order valence-electron chi connectivity index (χ2n) is 13.2. The van der Waals surface area contributed by atoms with Crippen LogP contribution in [0.15, 0.2) is 65.5 Å². The smallest absolute Gasteiger partial charge is 0.416 e. The Labute approximate surface area is 286 Å². The highest BCUT2D eigenvalue weighted by molar-refractivity contribution is 6.76. The molecule has 254 valence electrons. The third-order valence-corrected chi connectivity index (χ3v) is 10.9. The first kappa shape index (κ1) is 35.6. The number of nitrogens with zero attached hydrogens (tertiary/aromatic N) is 3. The van der Waals surface area contributed by atoms with E-state index < -0.39 is 49.1 Å². The number of halogens is 5. The number of esters is 1. The number of carbonyl (C=O) groups excluding carboxylic acids is 2. The molecule has 0 spiro atoms. The van der Waals surface area contributed by atoms with E-state index in [9.17, 15) is 27.6 Å². The highest BCUT2D eigenvalue weighted by Crippen LogP contribution is 2.41. The van der Waals surface area contributed by atoms with E-state index in [-0.39, 0.29) is 36.4 Å². The van der Waals surface area contributed by atoms with Crippen LogP contribution in [0, 0.1) is 17.8 Å². The number of hydrogen-bond acceptors (Lipinski definition) is 7. The van der Waals surface area contributed by atoms with Crippen LogP contribution in [0.2, 0.25) is 35.7 Å². The van der Waals surface area contributed by atoms with Gasteiger partial charge in [-0.25, -0.2) is 4.68 Å². The second-order valence-corrected chi connectivity index (χ2v) is 19.6. The van der Waals surface area contributed by atoms with Crippen molar-refractivity contribution < 1.29 is 32.2 Å². The Kier molecular flexibility index (Phi) is 10.7. The molecule has 0 saturated heterocycles. The molecule has 14 heteroatoms. The van der Waals surface area contributed by atoms with Gasteiger partial charge in [0.25, 0.3) is 5.56 Å². The van der Waals surface area contributed by atoms with Crippen LogP contribution in [0.4, 0.5) is 13.2 Å². The average molecular weight is 721 g/mol. The Morgan fingerprint density at radius 2 is 1.71 bits per heavy atom. The molecule has 4 aromatic rings. The lowest BCUT2D eigenvalue weighted by Gasteiger charge is -2.24. The van der Waals surface area contributed by atoms with Crippen molar-refractivity contribution in [2.75, 3.05) is 6.61 Å². The zero-order chi connectivity index (χ0) is 34.8. The standard InChI is InChI=1S/C34H34Cl2F3N3O5Si/c1-48(2,3)15-14-46-33(45)30-22(18-42-32(44)26-17-23(34(37,38)39)8-13-29(26)40-41-42)7-11-25(30)31(43)21-5-9-24(10-6-21)47-19-20-4-12-27(35)28(36)16-20/h4-6,8-10,12-13,16-17,22,25,30H,7,11,14-15,18-19H2,1-3H3. The fraction of sp³-hybridized carbons (Fsp3) is 0.382. The zero-order valence-corrected chi connectivity index (χ0v) is 29.0. The van der Waals surface area contributed by atoms with Crippen LogP contribution in [-0.2, 0) is 28.9 Å². The number of benzene rings is 3. The van der Waals surface area contributed by atoms with Gasteiger partial charge in [-0.05, 0) is 85.0 Å². The van der Waals surface area contributed by atoms with Crippen LogP contribution in [0.25, 0.3) is 10.9 Å². The normalized spacial score (nSPS) is 18.2. The van der Waals surface area contributed by atoms with Gasteiger partial charge >= 0.3 is 12.1 Å². The predicted molar refractivity (Wildman–Crippen MR) is 179 cm³/mol. The molecule has 0 bridgehead atoms. The maximum Gasteiger partial charge on any atom is 0.416 e. The Bertz CT molecular complexity index is 1880. The molecule has 3 aromatic carbocycles. The van der Waals surface area contributed by atoms with Crippen molar-refractivity contribution in [1.29, 1.82) is 0 Å². The number of hydrogen-bond donors (Lipinski definition) is 0. The van der Waals surface area contributed by atoms with Crippen LogP contribution in [-0.4, -0.2) is 41.4 Å². The van der Waals surface area contributed by atoms with Crippen molar-refractivity contribution >= 4 is 53.9 Å². The van der Waals surface area contributed by atoms with E-state index in [0.717, 1.165) is 34.5 Å². The maximum atomic E-state index is 13.9. The lowest BCUT2D eigenvalue weighted by molar-refractivity contribution is -0.150. The first-order valence-corrected chi connectivity index (χ1v) is 19.9. The SMILES string of the molecule is C[Si](C)(C)CCOC(=O)C1C(Cn2nnc3ccc(C(F)(F)F)cc3c2=O)CCC1C(=O)c1ccc(OCc2ccc(Cl)c(Cl)c2)cc1. The number of alkyl halides is 3. The van der Waals surface area contributed by atoms with E-state index in [4.69, 9.17) is 32.7 Å². The minimum Gasteiger partial charge on any atom is -0.489 e. The number of rotatable bonds is 11. The van der Waals surface area contributed by atoms with Crippen LogP contribution in [0.3, 0.4) is 0 Å². The number of aromatic nitrogens is 3. The quantitative estimate of drug-likeness (QED) is 0.0877. The summed E-state index contributed by atoms with van der Waals surface area (Å²) < 4.78 is 52.6. The summed E-state index contributed by atoms with van der Waals surface area (Å²) in [6.45, 7) is 6.78. The van der Waals surface area contributed by atoms with Gasteiger partial charge in [0.15, 0.2) is 5.78 Å². The summed E-state index contributed by atoms with van der Waals surface area (Å²) in [5.41, 5.74) is -0.524. The molecule has 1 aliphatic rings. The lowest BCUT2D eigenvalue weighted by atomic mass is 9.84. The summed E-state index contributed by atoms with van der Waals surface area (Å²) in [7, 11) is -1.54. The van der Waals surface area contributed by atoms with Gasteiger partial charge < -0.3 is 9.47 Å². The molecule has 3 atom stereocenters. The number of Topliss-reactive ketones (excluding diaryl/α,β-unsaturated/α-hetero) is 1. The van der Waals surface area contributed by atoms with Crippen LogP contribution in [0.1, 0.15) is 34.3 Å². The highest BCUT2D eigenvalue weighted by Gasteiger charge is 2.46. The van der Waals surface area contributed by atoms with E-state index in [1.54, 1.807) is 42.5 Å². The first-order valence-electron chi connectivity index (χ1n) is 15.4. The molecule has 1 saturated carbocycles. The molecule has 5 rings (SSSR count). The van der Waals surface area contributed by atoms with E-state index in [2.05, 4.69) is 30.0 Å². The Morgan fingerprint density at radius 1 is 0.979 bits per heavy atom. The molecule has 1 aliphatic carbocycles. The Morgan fingerprint density at radius 3 is 2.38 bits per heavy atom. The van der Waals surface area contributed by atoms with Gasteiger partial charge in [0.1, 0.15) is 17.9 Å². The number of carbonyl (C=O) groups is 2. The van der Waals surface area contributed by atoms with Crippen molar-refractivity contribution in [3.63, 3.8) is 0 Å². The van der Waals surface area contributed by atoms with Crippen LogP contribution >= 0.6 is 23.2 Å². The van der Waals surface area contributed by atoms with Crippen LogP contribution < -0.4 is 10.3 Å². The van der Waals surface area contributed by atoms with Crippen molar-refractivity contribution in [1.82, 2.24) is 15.0 Å². The molecule has 1 fully saturated rings. The lowest BCUT2D eigenvalue weighted by Crippen LogP contribution is -2.36. The molecule has 3 unspecified atom stereocenters. The molecule has 1 heterocycles. The third kappa shape index (κ3) is 8.45. The molecular weight excluding hydrogens is 686 g/mol. The summed E-state index contributed by atoms with van der Waals surface area (Å²) in [6.07, 6.45) is -3.90. The maximum absolute atomic E-state index is 13.9. The van der Waals surface area contributed by atoms with E-state index >= 15 is 0 Å². The van der Waals surface area contributed by atoms with E-state index in [1.807, 2.05) is 0 Å². The second kappa shape index (κ2) is 14.4. The number of ketones is 1. The third-order valence-electron chi connectivity index (χ3n) is 8.48. The van der Waals surface area contributed by atoms with Crippen molar-refractivity contribution in [3.05, 3.63) is 97.8 Å². The predicted octanol–water partition coefficient (Wildman–Crippen LogP) is 8.10. The van der Waals surface area contributed by atoms with Crippen molar-refractivity contribution in [2.24, 2.45) is 17.8 Å². The molecule has 8 nitrogen and oxygen atoms in total. The summed E-state index contributed by atoms with van der Waals surface area (Å²) >= 11 is 12.1. The first-order chi connectivity index (χ1) is 22.6. The zero-order valence-electron chi connectivity index (χ0n) is 26.5. The fourth-order valence-electron chi connectivity index (χ4n) is 5.81. The van der Waals surface area contributed by atoms with Gasteiger partial charge in [-0.3, -0.25) is 14.4 Å². The van der Waals surface area contributed by atoms with Gasteiger partial charge in [-0.15, -0.1) is 5.10 Å². The number of fused-ring (bicyclic) bond motifs is 1. The van der Waals surface area contributed by atoms with E-state index in [1.165, 1.54) is 0 Å². The van der Waals surface area contributed by atoms with Crippen LogP contribution in [0.5, 0.6) is 5.75 Å². The van der Waals surface area contributed by atoms with Gasteiger partial charge in [-0.1, -0.05) is 54.1 Å². The summed E-state index contributed by atoms with van der Waals surface area (Å²) in [5, 5.41) is 8.51. The largest absolute Gasteiger partial charge is 0.489 e. The molecule has 0 amide bonds. The topological polar surface area (TPSA) is 100 Å². The van der Waals surface area contributed by atoms with Gasteiger partial charge in [0, 0.05) is 19.6 Å². The van der Waals surface area contributed by atoms with Crippen molar-refractivity contribution in [3.8, 4) is 5.75 Å². The van der Waals surface area contributed by atoms with Gasteiger partial charge in [0.05, 0.1) is 40.1 Å². The summed E-state index contributed by atoms with van der Waals surface area (Å²) in [6, 6.07) is 15.2. The molecule has 48 heavy (non-hydrogen) atoms. The molecule has 1 aromatic heterocycles. The summed E-state index contributed by atoms with van der Waals surface area (Å²) in [4.78, 5) is 40.7. The molecule has 0 radical (unpaired) electrons. The summed E-state index contributed by atoms with van der Waals surface area (Å²) in [5.74, 6) is -2.45. The van der Waals surface area contributed by atoms with Gasteiger partial charge in [-0.2, -0.15) is 13.2 Å². The van der Waals surface area contributed by atoms with Crippen molar-refractivity contribution in [2.45, 2.75) is 57.9 Å². The molecule has 0 N–H and O–H groups in total. The highest BCUT2D eigenvalue weighted by atomic mass is 35.5. The van der Waals surface area contributed by atoms with Gasteiger partial charge in [0.2, 0.25) is 0 Å². The minimum absolute atomic E-state index is 0.0235. The average Bonchev–Trinajstić information content (AvgIpc) is 3.45. The van der Waals surface area contributed by atoms with E-state index in [0.29, 0.717) is 34.2 Å². The Balaban J connectivity index is 1.36. The molecular formula is C34H34Cl2F3N3O5Si.